The maximum Gasteiger partial charge on any atom is 0.326 e. The maximum absolute atomic E-state index is 8.89. The van der Waals surface area contributed by atoms with E-state index in [2.05, 4.69) is 15.0 Å². The number of halogens is 1. The molecule has 0 aliphatic rings. The Hall–Kier alpha value is -1.92. The van der Waals surface area contributed by atoms with Crippen molar-refractivity contribution in [3.63, 3.8) is 0 Å². The summed E-state index contributed by atoms with van der Waals surface area (Å²) in [6.07, 6.45) is 3.12. The third kappa shape index (κ3) is 2.32. The SMILES string of the molecule is O[B]c1ccc(Cn2cnc3c(Cl)ncnc32)cc1. The fourth-order valence-corrected chi connectivity index (χ4v) is 2.05. The van der Waals surface area contributed by atoms with Crippen molar-refractivity contribution in [1.82, 2.24) is 19.5 Å². The lowest BCUT2D eigenvalue weighted by Gasteiger charge is -2.04. The highest BCUT2D eigenvalue weighted by Crippen LogP contribution is 2.17. The molecule has 0 atom stereocenters. The van der Waals surface area contributed by atoms with Crippen molar-refractivity contribution in [2.45, 2.75) is 6.54 Å². The van der Waals surface area contributed by atoms with Crippen LogP contribution >= 0.6 is 11.6 Å². The average Bonchev–Trinajstić information content (AvgIpc) is 2.84. The van der Waals surface area contributed by atoms with Crippen molar-refractivity contribution >= 4 is 35.7 Å². The van der Waals surface area contributed by atoms with Gasteiger partial charge >= 0.3 is 7.48 Å². The number of imidazole rings is 1. The van der Waals surface area contributed by atoms with Crippen LogP contribution in [0.5, 0.6) is 0 Å². The first kappa shape index (κ1) is 12.1. The molecule has 0 bridgehead atoms. The minimum absolute atomic E-state index is 0.356. The number of rotatable bonds is 3. The Morgan fingerprint density at radius 2 is 1.95 bits per heavy atom. The second kappa shape index (κ2) is 4.99. The van der Waals surface area contributed by atoms with Gasteiger partial charge < -0.3 is 9.59 Å². The zero-order valence-electron chi connectivity index (χ0n) is 9.86. The summed E-state index contributed by atoms with van der Waals surface area (Å²) in [6.45, 7) is 0.634. The van der Waals surface area contributed by atoms with E-state index in [9.17, 15) is 0 Å². The number of fused-ring (bicyclic) bond motifs is 1. The largest absolute Gasteiger partial charge is 0.450 e. The van der Waals surface area contributed by atoms with Crippen LogP contribution in [0.2, 0.25) is 5.15 Å². The van der Waals surface area contributed by atoms with Crippen LogP contribution < -0.4 is 5.46 Å². The Balaban J connectivity index is 1.94. The second-order valence-electron chi connectivity index (χ2n) is 4.08. The molecule has 3 rings (SSSR count). The Morgan fingerprint density at radius 3 is 2.68 bits per heavy atom. The van der Waals surface area contributed by atoms with Crippen molar-refractivity contribution in [3.8, 4) is 0 Å². The van der Waals surface area contributed by atoms with Crippen molar-refractivity contribution in [3.05, 3.63) is 47.6 Å². The van der Waals surface area contributed by atoms with Crippen LogP contribution in [0, 0.1) is 0 Å². The van der Waals surface area contributed by atoms with Crippen LogP contribution in [0.4, 0.5) is 0 Å². The van der Waals surface area contributed by atoms with Crippen LogP contribution in [0.15, 0.2) is 36.9 Å². The summed E-state index contributed by atoms with van der Waals surface area (Å²) in [6, 6.07) is 7.57. The van der Waals surface area contributed by atoms with E-state index in [1.54, 1.807) is 6.33 Å². The van der Waals surface area contributed by atoms with E-state index < -0.39 is 0 Å². The zero-order chi connectivity index (χ0) is 13.2. The number of hydrogen-bond acceptors (Lipinski definition) is 4. The maximum atomic E-state index is 8.89. The molecule has 0 aliphatic heterocycles. The Morgan fingerprint density at radius 1 is 1.16 bits per heavy atom. The molecule has 3 aromatic rings. The third-order valence-electron chi connectivity index (χ3n) is 2.84. The molecule has 1 aromatic carbocycles. The van der Waals surface area contributed by atoms with Gasteiger partial charge in [0.1, 0.15) is 11.8 Å². The van der Waals surface area contributed by atoms with Gasteiger partial charge in [0, 0.05) is 0 Å². The van der Waals surface area contributed by atoms with Gasteiger partial charge in [-0.05, 0) is 5.56 Å². The average molecular weight is 271 g/mol. The number of nitrogens with zero attached hydrogens (tertiary/aromatic N) is 4. The molecule has 0 aliphatic carbocycles. The smallest absolute Gasteiger partial charge is 0.326 e. The van der Waals surface area contributed by atoms with Crippen LogP contribution in [0.25, 0.3) is 11.2 Å². The van der Waals surface area contributed by atoms with Crippen molar-refractivity contribution < 1.29 is 5.02 Å². The molecule has 2 aromatic heterocycles. The lowest BCUT2D eigenvalue weighted by molar-refractivity contribution is 0.615. The Kier molecular flexibility index (Phi) is 3.19. The molecular formula is C12H9BClN4O. The standard InChI is InChI=1S/C12H9BClN4O/c14-11-10-12(16-6-15-11)18(7-17-10)5-8-1-3-9(13-19)4-2-8/h1-4,6-7,19H,5H2. The second-order valence-corrected chi connectivity index (χ2v) is 4.44. The van der Waals surface area contributed by atoms with Crippen molar-refractivity contribution in [2.24, 2.45) is 0 Å². The molecule has 93 valence electrons. The van der Waals surface area contributed by atoms with Gasteiger partial charge in [0.2, 0.25) is 0 Å². The predicted octanol–water partition coefficient (Wildman–Crippen LogP) is 0.765. The topological polar surface area (TPSA) is 63.8 Å². The lowest BCUT2D eigenvalue weighted by Crippen LogP contribution is -2.12. The van der Waals surface area contributed by atoms with E-state index in [-0.39, 0.29) is 0 Å². The van der Waals surface area contributed by atoms with E-state index in [1.807, 2.05) is 28.8 Å². The fourth-order valence-electron chi connectivity index (χ4n) is 1.87. The van der Waals surface area contributed by atoms with Gasteiger partial charge in [-0.15, -0.1) is 0 Å². The monoisotopic (exact) mass is 271 g/mol. The third-order valence-corrected chi connectivity index (χ3v) is 3.11. The lowest BCUT2D eigenvalue weighted by atomic mass is 9.88. The molecule has 2 heterocycles. The molecule has 0 saturated carbocycles. The number of hydrogen-bond donors (Lipinski definition) is 1. The normalized spacial score (nSPS) is 10.8. The molecule has 0 spiro atoms. The summed E-state index contributed by atoms with van der Waals surface area (Å²) in [5, 5.41) is 9.24. The minimum atomic E-state index is 0.356. The van der Waals surface area contributed by atoms with Gasteiger partial charge in [-0.2, -0.15) is 0 Å². The van der Waals surface area contributed by atoms with Gasteiger partial charge in [0.05, 0.1) is 12.9 Å². The minimum Gasteiger partial charge on any atom is -0.450 e. The van der Waals surface area contributed by atoms with Crippen molar-refractivity contribution in [2.75, 3.05) is 0 Å². The highest BCUT2D eigenvalue weighted by atomic mass is 35.5. The van der Waals surface area contributed by atoms with E-state index >= 15 is 0 Å². The highest BCUT2D eigenvalue weighted by Gasteiger charge is 2.08. The summed E-state index contributed by atoms with van der Waals surface area (Å²) in [5.41, 5.74) is 3.16. The van der Waals surface area contributed by atoms with Gasteiger partial charge in [-0.25, -0.2) is 15.0 Å². The van der Waals surface area contributed by atoms with E-state index in [4.69, 9.17) is 16.6 Å². The Bertz CT molecular complexity index is 713. The van der Waals surface area contributed by atoms with Gasteiger partial charge in [0.15, 0.2) is 10.8 Å². The Labute approximate surface area is 115 Å². The molecular weight excluding hydrogens is 262 g/mol. The number of aromatic nitrogens is 4. The van der Waals surface area contributed by atoms with E-state index in [1.165, 1.54) is 6.33 Å². The molecule has 5 nitrogen and oxygen atoms in total. The molecule has 0 fully saturated rings. The fraction of sp³-hybridized carbons (Fsp3) is 0.0833. The summed E-state index contributed by atoms with van der Waals surface area (Å²) >= 11 is 5.95. The number of benzene rings is 1. The van der Waals surface area contributed by atoms with E-state index in [0.29, 0.717) is 22.9 Å². The van der Waals surface area contributed by atoms with Gasteiger partial charge in [0.25, 0.3) is 0 Å². The summed E-state index contributed by atoms with van der Waals surface area (Å²) < 4.78 is 1.90. The molecule has 1 radical (unpaired) electrons. The quantitative estimate of drug-likeness (QED) is 0.564. The van der Waals surface area contributed by atoms with Crippen LogP contribution in [0.1, 0.15) is 5.56 Å². The first-order valence-corrected chi connectivity index (χ1v) is 6.03. The molecule has 0 saturated heterocycles. The van der Waals surface area contributed by atoms with Crippen LogP contribution in [-0.4, -0.2) is 32.0 Å². The van der Waals surface area contributed by atoms with Crippen molar-refractivity contribution in [1.29, 1.82) is 0 Å². The molecule has 19 heavy (non-hydrogen) atoms. The highest BCUT2D eigenvalue weighted by molar-refractivity contribution is 6.45. The zero-order valence-corrected chi connectivity index (χ0v) is 10.6. The molecule has 1 N–H and O–H groups in total. The summed E-state index contributed by atoms with van der Waals surface area (Å²) in [5.74, 6) is 0. The molecule has 0 unspecified atom stereocenters. The van der Waals surface area contributed by atoms with Gasteiger partial charge in [-0.3, -0.25) is 0 Å². The van der Waals surface area contributed by atoms with Crippen LogP contribution in [0.3, 0.4) is 0 Å². The molecule has 7 heteroatoms. The first-order chi connectivity index (χ1) is 9.28. The summed E-state index contributed by atoms with van der Waals surface area (Å²) in [4.78, 5) is 12.3. The van der Waals surface area contributed by atoms with Crippen LogP contribution in [-0.2, 0) is 6.54 Å². The van der Waals surface area contributed by atoms with Gasteiger partial charge in [-0.1, -0.05) is 41.3 Å². The first-order valence-electron chi connectivity index (χ1n) is 5.65. The summed E-state index contributed by atoms with van der Waals surface area (Å²) in [7, 11) is 1.07. The molecule has 0 amide bonds. The van der Waals surface area contributed by atoms with E-state index in [0.717, 1.165) is 18.5 Å². The predicted molar refractivity (Wildman–Crippen MR) is 73.5 cm³/mol.